The van der Waals surface area contributed by atoms with E-state index in [1.54, 1.807) is 12.1 Å². The maximum absolute atomic E-state index is 12.5. The molecule has 0 aliphatic rings. The van der Waals surface area contributed by atoms with Crippen molar-refractivity contribution in [3.8, 4) is 5.75 Å². The highest BCUT2D eigenvalue weighted by Gasteiger charge is 2.26. The Labute approximate surface area is 158 Å². The van der Waals surface area contributed by atoms with Crippen LogP contribution < -0.4 is 4.74 Å². The quantitative estimate of drug-likeness (QED) is 0.767. The molecule has 0 aliphatic heterocycles. The molecule has 2 rings (SSSR count). The van der Waals surface area contributed by atoms with E-state index >= 15 is 0 Å². The third-order valence-corrected chi connectivity index (χ3v) is 4.56. The summed E-state index contributed by atoms with van der Waals surface area (Å²) in [6.07, 6.45) is 0.953. The molecule has 0 radical (unpaired) electrons. The van der Waals surface area contributed by atoms with E-state index in [1.807, 2.05) is 36.4 Å². The highest BCUT2D eigenvalue weighted by atomic mass is 35.5. The molecule has 0 bridgehead atoms. The molecule has 0 saturated heterocycles. The van der Waals surface area contributed by atoms with E-state index in [0.717, 1.165) is 11.1 Å². The van der Waals surface area contributed by atoms with Crippen LogP contribution in [0.1, 0.15) is 17.5 Å². The molecule has 1 N–H and O–H groups in total. The molecule has 0 fully saturated rings. The Morgan fingerprint density at radius 1 is 1.15 bits per heavy atom. The Kier molecular flexibility index (Phi) is 7.04. The minimum atomic E-state index is -1.02. The Morgan fingerprint density at radius 3 is 2.42 bits per heavy atom. The summed E-state index contributed by atoms with van der Waals surface area (Å²) in [6.45, 7) is 0. The number of carboxylic acid groups (broad SMARTS) is 1. The number of methoxy groups -OCH3 is 1. The number of hydrogen-bond donors (Lipinski definition) is 1. The van der Waals surface area contributed by atoms with Crippen LogP contribution in [-0.4, -0.2) is 42.1 Å². The molecule has 0 saturated carbocycles. The van der Waals surface area contributed by atoms with E-state index in [-0.39, 0.29) is 18.7 Å². The van der Waals surface area contributed by atoms with Crippen molar-refractivity contribution in [3.63, 3.8) is 0 Å². The number of rotatable bonds is 8. The fourth-order valence-corrected chi connectivity index (χ4v) is 2.97. The Balaban J connectivity index is 2.00. The van der Waals surface area contributed by atoms with Gasteiger partial charge in [0.1, 0.15) is 11.8 Å². The summed E-state index contributed by atoms with van der Waals surface area (Å²) in [4.78, 5) is 25.4. The van der Waals surface area contributed by atoms with Gasteiger partial charge in [0.25, 0.3) is 0 Å². The first-order chi connectivity index (χ1) is 12.4. The summed E-state index contributed by atoms with van der Waals surface area (Å²) in [7, 11) is 3.07. The van der Waals surface area contributed by atoms with E-state index in [1.165, 1.54) is 19.1 Å². The van der Waals surface area contributed by atoms with Crippen molar-refractivity contribution in [2.45, 2.75) is 25.3 Å². The van der Waals surface area contributed by atoms with Gasteiger partial charge in [-0.3, -0.25) is 4.79 Å². The summed E-state index contributed by atoms with van der Waals surface area (Å²) in [5, 5.41) is 9.99. The molecule has 1 unspecified atom stereocenters. The van der Waals surface area contributed by atoms with Crippen molar-refractivity contribution < 1.29 is 19.4 Å². The van der Waals surface area contributed by atoms with Crippen LogP contribution in [-0.2, 0) is 22.4 Å². The number of aliphatic carboxylic acids is 1. The SMILES string of the molecule is COc1ccc(CCC(=O)N(C)C(Cc2ccccc2)C(=O)O)cc1Cl. The lowest BCUT2D eigenvalue weighted by Gasteiger charge is -2.25. The topological polar surface area (TPSA) is 66.8 Å². The summed E-state index contributed by atoms with van der Waals surface area (Å²) in [5.74, 6) is -0.662. The van der Waals surface area contributed by atoms with Gasteiger partial charge in [-0.05, 0) is 29.7 Å². The van der Waals surface area contributed by atoms with Crippen LogP contribution in [0.25, 0.3) is 0 Å². The number of benzene rings is 2. The number of carbonyl (C=O) groups is 2. The zero-order valence-corrected chi connectivity index (χ0v) is 15.6. The van der Waals surface area contributed by atoms with Gasteiger partial charge in [-0.2, -0.15) is 0 Å². The number of nitrogens with zero attached hydrogens (tertiary/aromatic N) is 1. The van der Waals surface area contributed by atoms with Crippen LogP contribution >= 0.6 is 11.6 Å². The molecule has 0 aliphatic carbocycles. The molecule has 2 aromatic carbocycles. The van der Waals surface area contributed by atoms with Gasteiger partial charge in [-0.1, -0.05) is 48.0 Å². The number of aryl methyl sites for hydroxylation is 1. The first-order valence-corrected chi connectivity index (χ1v) is 8.65. The lowest BCUT2D eigenvalue weighted by molar-refractivity contribution is -0.149. The van der Waals surface area contributed by atoms with Gasteiger partial charge < -0.3 is 14.7 Å². The van der Waals surface area contributed by atoms with Crippen molar-refractivity contribution >= 4 is 23.5 Å². The largest absolute Gasteiger partial charge is 0.495 e. The van der Waals surface area contributed by atoms with E-state index in [0.29, 0.717) is 17.2 Å². The maximum atomic E-state index is 12.5. The van der Waals surface area contributed by atoms with Crippen molar-refractivity contribution in [3.05, 3.63) is 64.7 Å². The number of amides is 1. The van der Waals surface area contributed by atoms with E-state index in [9.17, 15) is 14.7 Å². The number of carboxylic acids is 1. The molecular weight excluding hydrogens is 354 g/mol. The highest BCUT2D eigenvalue weighted by Crippen LogP contribution is 2.25. The number of hydrogen-bond acceptors (Lipinski definition) is 3. The van der Waals surface area contributed by atoms with Gasteiger partial charge in [0.15, 0.2) is 0 Å². The standard InChI is InChI=1S/C20H22ClNO4/c1-22(17(20(24)25)13-14-6-4-3-5-7-14)19(23)11-9-15-8-10-18(26-2)16(21)12-15/h3-8,10,12,17H,9,11,13H2,1-2H3,(H,24,25). The molecule has 1 atom stereocenters. The van der Waals surface area contributed by atoms with Crippen LogP contribution in [0.4, 0.5) is 0 Å². The van der Waals surface area contributed by atoms with E-state index in [4.69, 9.17) is 16.3 Å². The molecule has 2 aromatic rings. The summed E-state index contributed by atoms with van der Waals surface area (Å²) < 4.78 is 5.11. The highest BCUT2D eigenvalue weighted by molar-refractivity contribution is 6.32. The smallest absolute Gasteiger partial charge is 0.326 e. The molecule has 1 amide bonds. The molecule has 0 heterocycles. The van der Waals surface area contributed by atoms with Gasteiger partial charge in [0.2, 0.25) is 5.91 Å². The number of halogens is 1. The van der Waals surface area contributed by atoms with Crippen LogP contribution in [0.2, 0.25) is 5.02 Å². The molecule has 26 heavy (non-hydrogen) atoms. The second kappa shape index (κ2) is 9.25. The van der Waals surface area contributed by atoms with Crippen LogP contribution in [0, 0.1) is 0 Å². The van der Waals surface area contributed by atoms with Crippen LogP contribution in [0.5, 0.6) is 5.75 Å². The Morgan fingerprint density at radius 2 is 1.85 bits per heavy atom. The molecule has 6 heteroatoms. The molecule has 138 valence electrons. The van der Waals surface area contributed by atoms with Gasteiger partial charge in [0, 0.05) is 19.9 Å². The van der Waals surface area contributed by atoms with E-state index in [2.05, 4.69) is 0 Å². The van der Waals surface area contributed by atoms with Crippen molar-refractivity contribution in [2.24, 2.45) is 0 Å². The first kappa shape index (κ1) is 19.8. The first-order valence-electron chi connectivity index (χ1n) is 8.27. The molecule has 5 nitrogen and oxygen atoms in total. The Bertz CT molecular complexity index is 764. The third-order valence-electron chi connectivity index (χ3n) is 4.26. The minimum absolute atomic E-state index is 0.206. The number of ether oxygens (including phenoxy) is 1. The second-order valence-corrected chi connectivity index (χ2v) is 6.42. The van der Waals surface area contributed by atoms with Gasteiger partial charge in [0.05, 0.1) is 12.1 Å². The predicted molar refractivity (Wildman–Crippen MR) is 101 cm³/mol. The Hall–Kier alpha value is -2.53. The summed E-state index contributed by atoms with van der Waals surface area (Å²) in [5.41, 5.74) is 1.77. The molecule has 0 aromatic heterocycles. The fraction of sp³-hybridized carbons (Fsp3) is 0.300. The van der Waals surface area contributed by atoms with Gasteiger partial charge in [-0.15, -0.1) is 0 Å². The van der Waals surface area contributed by atoms with Crippen LogP contribution in [0.15, 0.2) is 48.5 Å². The van der Waals surface area contributed by atoms with Crippen molar-refractivity contribution in [1.29, 1.82) is 0 Å². The molecule has 0 spiro atoms. The molecular formula is C20H22ClNO4. The minimum Gasteiger partial charge on any atom is -0.495 e. The number of likely N-dealkylation sites (N-methyl/N-ethyl adjacent to an activating group) is 1. The van der Waals surface area contributed by atoms with Crippen molar-refractivity contribution in [2.75, 3.05) is 14.2 Å². The van der Waals surface area contributed by atoms with Gasteiger partial charge in [-0.25, -0.2) is 4.79 Å². The second-order valence-electron chi connectivity index (χ2n) is 6.02. The zero-order chi connectivity index (χ0) is 19.1. The van der Waals surface area contributed by atoms with E-state index < -0.39 is 12.0 Å². The number of carbonyl (C=O) groups excluding carboxylic acids is 1. The lowest BCUT2D eigenvalue weighted by Crippen LogP contribution is -2.43. The maximum Gasteiger partial charge on any atom is 0.326 e. The monoisotopic (exact) mass is 375 g/mol. The fourth-order valence-electron chi connectivity index (χ4n) is 2.69. The van der Waals surface area contributed by atoms with Crippen molar-refractivity contribution in [1.82, 2.24) is 4.90 Å². The van der Waals surface area contributed by atoms with Crippen LogP contribution in [0.3, 0.4) is 0 Å². The lowest BCUT2D eigenvalue weighted by atomic mass is 10.0. The zero-order valence-electron chi connectivity index (χ0n) is 14.8. The average Bonchev–Trinajstić information content (AvgIpc) is 2.64. The third kappa shape index (κ3) is 5.23. The predicted octanol–water partition coefficient (Wildman–Crippen LogP) is 3.44. The van der Waals surface area contributed by atoms with Gasteiger partial charge >= 0.3 is 5.97 Å². The summed E-state index contributed by atoms with van der Waals surface area (Å²) >= 11 is 6.09. The summed E-state index contributed by atoms with van der Waals surface area (Å²) in [6, 6.07) is 13.7. The average molecular weight is 376 g/mol. The normalized spacial score (nSPS) is 11.7.